The van der Waals surface area contributed by atoms with Crippen molar-refractivity contribution in [3.05, 3.63) is 35.4 Å². The van der Waals surface area contributed by atoms with Crippen LogP contribution in [0.1, 0.15) is 49.3 Å². The molecule has 2 aliphatic carbocycles. The summed E-state index contributed by atoms with van der Waals surface area (Å²) in [5.74, 6) is 1.55. The van der Waals surface area contributed by atoms with Gasteiger partial charge < -0.3 is 9.55 Å². The highest BCUT2D eigenvalue weighted by Gasteiger charge is 2.36. The Bertz CT molecular complexity index is 887. The molecule has 0 spiro atoms. The number of benzene rings is 1. The van der Waals surface area contributed by atoms with Gasteiger partial charge in [0.25, 0.3) is 0 Å². The molecule has 0 atom stereocenters. The van der Waals surface area contributed by atoms with Crippen molar-refractivity contribution in [3.8, 4) is 0 Å². The maximum atomic E-state index is 13.3. The standard InChI is InChI=1S/C16H15F2N5S/c17-10-5-12-13(6-11(10)18)20-16(19-12)24-7-14-21-22-15(8-1-2-8)23(14)9-3-4-9/h5-6,8-9H,1-4,7H2,(H,19,20). The first-order chi connectivity index (χ1) is 11.7. The maximum absolute atomic E-state index is 13.3. The molecule has 124 valence electrons. The van der Waals surface area contributed by atoms with E-state index in [1.54, 1.807) is 0 Å². The van der Waals surface area contributed by atoms with Crippen molar-refractivity contribution in [2.24, 2.45) is 0 Å². The first-order valence-electron chi connectivity index (χ1n) is 8.10. The van der Waals surface area contributed by atoms with E-state index in [9.17, 15) is 8.78 Å². The highest BCUT2D eigenvalue weighted by molar-refractivity contribution is 7.98. The number of aromatic nitrogens is 5. The topological polar surface area (TPSA) is 59.4 Å². The number of halogens is 2. The van der Waals surface area contributed by atoms with Gasteiger partial charge in [0, 0.05) is 24.1 Å². The third kappa shape index (κ3) is 2.49. The Labute approximate surface area is 140 Å². The van der Waals surface area contributed by atoms with Gasteiger partial charge in [0.2, 0.25) is 0 Å². The minimum absolute atomic E-state index is 0.429. The van der Waals surface area contributed by atoms with E-state index in [0.29, 0.717) is 33.9 Å². The second-order valence-corrected chi connectivity index (χ2v) is 7.43. The zero-order chi connectivity index (χ0) is 16.3. The number of imidazole rings is 1. The fourth-order valence-corrected chi connectivity index (χ4v) is 3.78. The molecule has 0 radical (unpaired) electrons. The molecule has 0 bridgehead atoms. The number of nitrogens with one attached hydrogen (secondary N) is 1. The molecule has 0 saturated heterocycles. The second kappa shape index (κ2) is 5.27. The molecule has 2 aromatic heterocycles. The molecule has 24 heavy (non-hydrogen) atoms. The van der Waals surface area contributed by atoms with Crippen LogP contribution in [0.5, 0.6) is 0 Å². The molecule has 2 aliphatic rings. The number of H-pyrrole nitrogens is 1. The lowest BCUT2D eigenvalue weighted by molar-refractivity contribution is 0.510. The van der Waals surface area contributed by atoms with Gasteiger partial charge in [-0.15, -0.1) is 10.2 Å². The zero-order valence-electron chi connectivity index (χ0n) is 12.8. The lowest BCUT2D eigenvalue weighted by Crippen LogP contribution is -2.04. The van der Waals surface area contributed by atoms with Gasteiger partial charge in [0.1, 0.15) is 11.6 Å². The highest BCUT2D eigenvalue weighted by Crippen LogP contribution is 2.45. The number of hydrogen-bond donors (Lipinski definition) is 1. The van der Waals surface area contributed by atoms with Crippen LogP contribution < -0.4 is 0 Å². The second-order valence-electron chi connectivity index (χ2n) is 6.46. The van der Waals surface area contributed by atoms with E-state index in [-0.39, 0.29) is 0 Å². The third-order valence-electron chi connectivity index (χ3n) is 4.49. The summed E-state index contributed by atoms with van der Waals surface area (Å²) in [5.41, 5.74) is 0.928. The van der Waals surface area contributed by atoms with Gasteiger partial charge in [-0.2, -0.15) is 0 Å². The highest BCUT2D eigenvalue weighted by atomic mass is 32.2. The number of rotatable bonds is 5. The Hall–Kier alpha value is -1.96. The van der Waals surface area contributed by atoms with Crippen LogP contribution in [0.15, 0.2) is 17.3 Å². The van der Waals surface area contributed by atoms with Crippen LogP contribution in [0.25, 0.3) is 11.0 Å². The summed E-state index contributed by atoms with van der Waals surface area (Å²) in [6.45, 7) is 0. The molecule has 8 heteroatoms. The van der Waals surface area contributed by atoms with E-state index >= 15 is 0 Å². The summed E-state index contributed by atoms with van der Waals surface area (Å²) >= 11 is 1.48. The van der Waals surface area contributed by atoms with Crippen LogP contribution in [0.2, 0.25) is 0 Å². The van der Waals surface area contributed by atoms with Gasteiger partial charge in [-0.25, -0.2) is 13.8 Å². The lowest BCUT2D eigenvalue weighted by atomic mass is 10.3. The minimum Gasteiger partial charge on any atom is -0.333 e. The van der Waals surface area contributed by atoms with Crippen LogP contribution in [0.3, 0.4) is 0 Å². The summed E-state index contributed by atoms with van der Waals surface area (Å²) in [6, 6.07) is 2.80. The molecule has 0 unspecified atom stereocenters. The Morgan fingerprint density at radius 3 is 2.67 bits per heavy atom. The van der Waals surface area contributed by atoms with Gasteiger partial charge in [-0.1, -0.05) is 11.8 Å². The molecule has 2 heterocycles. The molecule has 5 rings (SSSR count). The van der Waals surface area contributed by atoms with E-state index in [4.69, 9.17) is 0 Å². The number of fused-ring (bicyclic) bond motifs is 1. The van der Waals surface area contributed by atoms with E-state index in [1.165, 1.54) is 37.4 Å². The number of thioether (sulfide) groups is 1. The average Bonchev–Trinajstić information content (AvgIpc) is 3.49. The normalized spacial score (nSPS) is 17.8. The van der Waals surface area contributed by atoms with E-state index in [1.807, 2.05) is 0 Å². The third-order valence-corrected chi connectivity index (χ3v) is 5.36. The van der Waals surface area contributed by atoms with E-state index in [0.717, 1.165) is 23.8 Å². The molecule has 0 amide bonds. The molecule has 3 aromatic rings. The van der Waals surface area contributed by atoms with E-state index < -0.39 is 11.6 Å². The molecule has 1 N–H and O–H groups in total. The SMILES string of the molecule is Fc1cc2nc(SCc3nnc(C4CC4)n3C3CC3)[nH]c2cc1F. The monoisotopic (exact) mass is 347 g/mol. The predicted octanol–water partition coefficient (Wildman–Crippen LogP) is 3.94. The van der Waals surface area contributed by atoms with Crippen LogP contribution in [-0.2, 0) is 5.75 Å². The minimum atomic E-state index is -0.881. The van der Waals surface area contributed by atoms with Gasteiger partial charge >= 0.3 is 0 Å². The quantitative estimate of drug-likeness (QED) is 0.710. The summed E-state index contributed by atoms with van der Waals surface area (Å²) < 4.78 is 28.9. The number of hydrogen-bond acceptors (Lipinski definition) is 4. The molecule has 2 saturated carbocycles. The molecular formula is C16H15F2N5S. The molecular weight excluding hydrogens is 332 g/mol. The summed E-state index contributed by atoms with van der Waals surface area (Å²) in [5, 5.41) is 9.39. The summed E-state index contributed by atoms with van der Waals surface area (Å²) in [6.07, 6.45) is 4.80. The van der Waals surface area contributed by atoms with Crippen molar-refractivity contribution in [2.75, 3.05) is 0 Å². The number of aromatic amines is 1. The Kier molecular flexibility index (Phi) is 3.16. The molecule has 0 aliphatic heterocycles. The van der Waals surface area contributed by atoms with Crippen LogP contribution >= 0.6 is 11.8 Å². The maximum Gasteiger partial charge on any atom is 0.166 e. The van der Waals surface area contributed by atoms with Gasteiger partial charge in [-0.05, 0) is 25.7 Å². The largest absolute Gasteiger partial charge is 0.333 e. The predicted molar refractivity (Wildman–Crippen MR) is 85.8 cm³/mol. The van der Waals surface area contributed by atoms with Crippen LogP contribution in [0, 0.1) is 11.6 Å². The van der Waals surface area contributed by atoms with Gasteiger partial charge in [0.15, 0.2) is 16.8 Å². The van der Waals surface area contributed by atoms with Crippen molar-refractivity contribution < 1.29 is 8.78 Å². The van der Waals surface area contributed by atoms with Crippen molar-refractivity contribution in [3.63, 3.8) is 0 Å². The Morgan fingerprint density at radius 2 is 1.92 bits per heavy atom. The first-order valence-corrected chi connectivity index (χ1v) is 9.09. The first kappa shape index (κ1) is 14.4. The fourth-order valence-electron chi connectivity index (χ4n) is 2.97. The van der Waals surface area contributed by atoms with Crippen molar-refractivity contribution in [1.29, 1.82) is 0 Å². The Morgan fingerprint density at radius 1 is 1.12 bits per heavy atom. The molecule has 2 fully saturated rings. The van der Waals surface area contributed by atoms with Crippen LogP contribution in [-0.4, -0.2) is 24.7 Å². The van der Waals surface area contributed by atoms with E-state index in [2.05, 4.69) is 24.7 Å². The average molecular weight is 347 g/mol. The van der Waals surface area contributed by atoms with Crippen LogP contribution in [0.4, 0.5) is 8.78 Å². The number of nitrogens with zero attached hydrogens (tertiary/aromatic N) is 4. The van der Waals surface area contributed by atoms with Crippen molar-refractivity contribution in [2.45, 2.75) is 48.6 Å². The molecule has 5 nitrogen and oxygen atoms in total. The summed E-state index contributed by atoms with van der Waals surface area (Å²) in [7, 11) is 0. The zero-order valence-corrected chi connectivity index (χ0v) is 13.6. The Balaban J connectivity index is 1.39. The van der Waals surface area contributed by atoms with Crippen molar-refractivity contribution in [1.82, 2.24) is 24.7 Å². The van der Waals surface area contributed by atoms with Gasteiger partial charge in [0.05, 0.1) is 16.8 Å². The van der Waals surface area contributed by atoms with Gasteiger partial charge in [-0.3, -0.25) is 0 Å². The van der Waals surface area contributed by atoms with Crippen molar-refractivity contribution >= 4 is 22.8 Å². The molecule has 1 aromatic carbocycles. The smallest absolute Gasteiger partial charge is 0.166 e. The fraction of sp³-hybridized carbons (Fsp3) is 0.438. The summed E-state index contributed by atoms with van der Waals surface area (Å²) in [4.78, 5) is 7.35. The lowest BCUT2D eigenvalue weighted by Gasteiger charge is -2.07.